The second-order valence-corrected chi connectivity index (χ2v) is 8.37. The first-order chi connectivity index (χ1) is 14.1. The highest BCUT2D eigenvalue weighted by Gasteiger charge is 2.22. The fraction of sp³-hybridized carbons (Fsp3) is 0.238. The minimum Gasteiger partial charge on any atom is -0.496 e. The van der Waals surface area contributed by atoms with Crippen molar-refractivity contribution in [1.82, 2.24) is 9.97 Å². The fourth-order valence-electron chi connectivity index (χ4n) is 2.75. The molecule has 7 nitrogen and oxygen atoms in total. The van der Waals surface area contributed by atoms with Gasteiger partial charge in [-0.2, -0.15) is 0 Å². The molecule has 1 atom stereocenters. The first-order valence-corrected chi connectivity index (χ1v) is 11.1. The summed E-state index contributed by atoms with van der Waals surface area (Å²) in [5, 5.41) is 3.23. The number of ether oxygens (including phenoxy) is 1. The van der Waals surface area contributed by atoms with Gasteiger partial charge in [-0.1, -0.05) is 25.1 Å². The van der Waals surface area contributed by atoms with Crippen molar-refractivity contribution < 1.29 is 18.3 Å². The summed E-state index contributed by atoms with van der Waals surface area (Å²) < 4.78 is 28.9. The molecule has 1 heterocycles. The van der Waals surface area contributed by atoms with E-state index in [1.807, 2.05) is 42.5 Å². The molecule has 0 amide bonds. The second-order valence-electron chi connectivity index (χ2n) is 6.08. The SMILES string of the molecule is CCOP(=O)(CC)Oc1cccc(Nc2cc(-c3ccccc3OC)ncn2)c1. The molecule has 1 unspecified atom stereocenters. The lowest BCUT2D eigenvalue weighted by molar-refractivity contribution is 0.280. The number of para-hydroxylation sites is 1. The van der Waals surface area contributed by atoms with Crippen molar-refractivity contribution in [2.45, 2.75) is 13.8 Å². The molecule has 0 saturated heterocycles. The van der Waals surface area contributed by atoms with Crippen molar-refractivity contribution in [3.63, 3.8) is 0 Å². The Bertz CT molecular complexity index is 1010. The molecule has 0 aliphatic heterocycles. The van der Waals surface area contributed by atoms with Crippen molar-refractivity contribution in [1.29, 1.82) is 0 Å². The van der Waals surface area contributed by atoms with E-state index in [4.69, 9.17) is 13.8 Å². The van der Waals surface area contributed by atoms with Gasteiger partial charge in [-0.25, -0.2) is 14.5 Å². The third-order valence-electron chi connectivity index (χ3n) is 4.11. The lowest BCUT2D eigenvalue weighted by atomic mass is 10.1. The summed E-state index contributed by atoms with van der Waals surface area (Å²) in [4.78, 5) is 8.63. The zero-order valence-electron chi connectivity index (χ0n) is 16.7. The van der Waals surface area contributed by atoms with Gasteiger partial charge in [0.15, 0.2) is 0 Å². The van der Waals surface area contributed by atoms with E-state index in [-0.39, 0.29) is 0 Å². The molecule has 0 aliphatic carbocycles. The molecule has 1 aromatic heterocycles. The van der Waals surface area contributed by atoms with Gasteiger partial charge in [0.05, 0.1) is 25.6 Å². The van der Waals surface area contributed by atoms with E-state index in [1.54, 1.807) is 33.1 Å². The van der Waals surface area contributed by atoms with Crippen molar-refractivity contribution in [2.24, 2.45) is 0 Å². The summed E-state index contributed by atoms with van der Waals surface area (Å²) in [6.45, 7) is 3.90. The first-order valence-electron chi connectivity index (χ1n) is 9.32. The van der Waals surface area contributed by atoms with Crippen LogP contribution in [0, 0.1) is 0 Å². The van der Waals surface area contributed by atoms with E-state index in [9.17, 15) is 4.57 Å². The van der Waals surface area contributed by atoms with E-state index in [0.29, 0.717) is 24.3 Å². The van der Waals surface area contributed by atoms with Crippen molar-refractivity contribution >= 4 is 19.1 Å². The predicted octanol–water partition coefficient (Wildman–Crippen LogP) is 5.52. The van der Waals surface area contributed by atoms with E-state index in [2.05, 4.69) is 15.3 Å². The number of rotatable bonds is 9. The van der Waals surface area contributed by atoms with Crippen LogP contribution in [0.5, 0.6) is 11.5 Å². The highest BCUT2D eigenvalue weighted by molar-refractivity contribution is 7.54. The predicted molar refractivity (Wildman–Crippen MR) is 114 cm³/mol. The number of nitrogens with one attached hydrogen (secondary N) is 1. The fourth-order valence-corrected chi connectivity index (χ4v) is 3.94. The number of hydrogen-bond donors (Lipinski definition) is 1. The molecule has 0 fully saturated rings. The first kappa shape index (κ1) is 20.8. The third-order valence-corrected chi connectivity index (χ3v) is 6.03. The largest absolute Gasteiger partial charge is 0.496 e. The highest BCUT2D eigenvalue weighted by atomic mass is 31.2. The Morgan fingerprint density at radius 2 is 1.86 bits per heavy atom. The molecule has 3 aromatic rings. The third kappa shape index (κ3) is 5.34. The van der Waals surface area contributed by atoms with Crippen molar-refractivity contribution in [2.75, 3.05) is 25.2 Å². The van der Waals surface area contributed by atoms with E-state index >= 15 is 0 Å². The van der Waals surface area contributed by atoms with Crippen LogP contribution in [-0.4, -0.2) is 29.8 Å². The van der Waals surface area contributed by atoms with Gasteiger partial charge in [0.2, 0.25) is 0 Å². The van der Waals surface area contributed by atoms with Crippen LogP contribution < -0.4 is 14.6 Å². The Morgan fingerprint density at radius 3 is 2.62 bits per heavy atom. The molecular weight excluding hydrogens is 389 g/mol. The Balaban J connectivity index is 1.81. The summed E-state index contributed by atoms with van der Waals surface area (Å²) >= 11 is 0. The number of nitrogens with zero attached hydrogens (tertiary/aromatic N) is 2. The normalized spacial score (nSPS) is 12.8. The lowest BCUT2D eigenvalue weighted by Crippen LogP contribution is -2.01. The molecule has 0 radical (unpaired) electrons. The van der Waals surface area contributed by atoms with Crippen LogP contribution >= 0.6 is 7.60 Å². The zero-order valence-corrected chi connectivity index (χ0v) is 17.6. The second kappa shape index (κ2) is 9.54. The Morgan fingerprint density at radius 1 is 1.03 bits per heavy atom. The number of aromatic nitrogens is 2. The maximum Gasteiger partial charge on any atom is 0.378 e. The standard InChI is InChI=1S/C21H24N3O4P/c1-4-27-29(25,5-2)28-17-10-8-9-16(13-17)24-21-14-19(22-15-23-21)18-11-6-7-12-20(18)26-3/h6-15H,4-5H2,1-3H3,(H,22,23,24). The van der Waals surface area contributed by atoms with E-state index < -0.39 is 7.60 Å². The van der Waals surface area contributed by atoms with Gasteiger partial charge >= 0.3 is 7.60 Å². The van der Waals surface area contributed by atoms with Gasteiger partial charge in [-0.05, 0) is 31.2 Å². The van der Waals surface area contributed by atoms with Crippen LogP contribution in [0.1, 0.15) is 13.8 Å². The average Bonchev–Trinajstić information content (AvgIpc) is 2.74. The molecule has 152 valence electrons. The maximum absolute atomic E-state index is 12.6. The highest BCUT2D eigenvalue weighted by Crippen LogP contribution is 2.48. The molecule has 0 spiro atoms. The van der Waals surface area contributed by atoms with Gasteiger partial charge in [0.25, 0.3) is 0 Å². The quantitative estimate of drug-likeness (QED) is 0.462. The molecule has 0 aliphatic rings. The molecular formula is C21H24N3O4P. The van der Waals surface area contributed by atoms with Crippen LogP contribution in [-0.2, 0) is 9.09 Å². The van der Waals surface area contributed by atoms with Gasteiger partial charge in [0, 0.05) is 23.4 Å². The molecule has 0 bridgehead atoms. The smallest absolute Gasteiger partial charge is 0.378 e. The van der Waals surface area contributed by atoms with Crippen LogP contribution in [0.3, 0.4) is 0 Å². The number of benzene rings is 2. The van der Waals surface area contributed by atoms with Crippen LogP contribution in [0.25, 0.3) is 11.3 Å². The van der Waals surface area contributed by atoms with Crippen LogP contribution in [0.2, 0.25) is 0 Å². The molecule has 1 N–H and O–H groups in total. The maximum atomic E-state index is 12.6. The topological polar surface area (TPSA) is 82.6 Å². The van der Waals surface area contributed by atoms with E-state index in [0.717, 1.165) is 22.7 Å². The van der Waals surface area contributed by atoms with Gasteiger partial charge in [-0.15, -0.1) is 0 Å². The molecule has 29 heavy (non-hydrogen) atoms. The van der Waals surface area contributed by atoms with Crippen molar-refractivity contribution in [3.8, 4) is 22.8 Å². The summed E-state index contributed by atoms with van der Waals surface area (Å²) in [6, 6.07) is 16.7. The summed E-state index contributed by atoms with van der Waals surface area (Å²) in [5.41, 5.74) is 2.35. The van der Waals surface area contributed by atoms with Gasteiger partial charge < -0.3 is 19.1 Å². The average molecular weight is 413 g/mol. The lowest BCUT2D eigenvalue weighted by Gasteiger charge is -2.17. The monoisotopic (exact) mass is 413 g/mol. The van der Waals surface area contributed by atoms with Crippen LogP contribution in [0.4, 0.5) is 11.5 Å². The number of hydrogen-bond acceptors (Lipinski definition) is 7. The minimum absolute atomic E-state index is 0.298. The molecule has 8 heteroatoms. The molecule has 0 saturated carbocycles. The molecule has 2 aromatic carbocycles. The Labute approximate surface area is 170 Å². The summed E-state index contributed by atoms with van der Waals surface area (Å²) in [7, 11) is -1.52. The zero-order chi connectivity index (χ0) is 20.7. The molecule has 3 rings (SSSR count). The van der Waals surface area contributed by atoms with E-state index in [1.165, 1.54) is 6.33 Å². The van der Waals surface area contributed by atoms with Crippen molar-refractivity contribution in [3.05, 3.63) is 60.9 Å². The summed E-state index contributed by atoms with van der Waals surface area (Å²) in [5.74, 6) is 1.81. The minimum atomic E-state index is -3.15. The Hall–Kier alpha value is -2.89. The van der Waals surface area contributed by atoms with Gasteiger partial charge in [-0.3, -0.25) is 0 Å². The van der Waals surface area contributed by atoms with Crippen LogP contribution in [0.15, 0.2) is 60.9 Å². The number of methoxy groups -OCH3 is 1. The summed E-state index contributed by atoms with van der Waals surface area (Å²) in [6.07, 6.45) is 1.79. The Kier molecular flexibility index (Phi) is 6.86. The number of anilines is 2. The van der Waals surface area contributed by atoms with Gasteiger partial charge in [0.1, 0.15) is 23.6 Å².